The van der Waals surface area contributed by atoms with Crippen LogP contribution in [0.4, 0.5) is 5.00 Å². The molecule has 0 unspecified atom stereocenters. The maximum Gasteiger partial charge on any atom is 0.337 e. The van der Waals surface area contributed by atoms with Crippen LogP contribution in [0.2, 0.25) is 0 Å². The molecule has 6 heteroatoms. The van der Waals surface area contributed by atoms with Crippen molar-refractivity contribution in [3.63, 3.8) is 0 Å². The van der Waals surface area contributed by atoms with Gasteiger partial charge >= 0.3 is 5.97 Å². The van der Waals surface area contributed by atoms with E-state index in [0.717, 1.165) is 11.3 Å². The Bertz CT molecular complexity index is 348. The summed E-state index contributed by atoms with van der Waals surface area (Å²) in [5.74, 6) is -1.11. The molecule has 0 saturated heterocycles. The average molecular weight is 246 g/mol. The van der Waals surface area contributed by atoms with E-state index in [1.54, 1.807) is 6.92 Å². The molecule has 0 saturated carbocycles. The van der Waals surface area contributed by atoms with Crippen LogP contribution in [0.1, 0.15) is 39.4 Å². The van der Waals surface area contributed by atoms with E-state index in [1.807, 2.05) is 13.8 Å². The van der Waals surface area contributed by atoms with Crippen LogP contribution in [-0.2, 0) is 0 Å². The topological polar surface area (TPSA) is 106 Å². The smallest absolute Gasteiger partial charge is 0.337 e. The Morgan fingerprint density at radius 1 is 1.38 bits per heavy atom. The Morgan fingerprint density at radius 2 is 1.81 bits per heavy atom. The second kappa shape index (κ2) is 8.87. The van der Waals surface area contributed by atoms with Gasteiger partial charge in [0.1, 0.15) is 0 Å². The lowest BCUT2D eigenvalue weighted by molar-refractivity contribution is 0.0694. The molecule has 0 amide bonds. The van der Waals surface area contributed by atoms with Crippen LogP contribution in [-0.4, -0.2) is 24.4 Å². The highest BCUT2D eigenvalue weighted by molar-refractivity contribution is 7.16. The lowest BCUT2D eigenvalue weighted by atomic mass is 10.1. The van der Waals surface area contributed by atoms with Crippen molar-refractivity contribution in [3.05, 3.63) is 16.0 Å². The van der Waals surface area contributed by atoms with E-state index < -0.39 is 5.97 Å². The molecule has 5 nitrogen and oxygen atoms in total. The van der Waals surface area contributed by atoms with Gasteiger partial charge in [-0.25, -0.2) is 4.79 Å². The number of aldehydes is 1. The number of anilines is 1. The minimum atomic E-state index is -1.11. The summed E-state index contributed by atoms with van der Waals surface area (Å²) in [7, 11) is 1.50. The van der Waals surface area contributed by atoms with Gasteiger partial charge in [0.15, 0.2) is 6.29 Å². The molecule has 0 aliphatic heterocycles. The standard InChI is InChI=1S/C7H7NO3S.C2H6.CH5N/c1-3-5(7(10)11)4(2-9)6(8)12-3;2*1-2/h2H,8H2,1H3,(H,10,11);1-2H3;2H2,1H3. The summed E-state index contributed by atoms with van der Waals surface area (Å²) in [5, 5.41) is 8.95. The van der Waals surface area contributed by atoms with E-state index >= 15 is 0 Å². The maximum absolute atomic E-state index is 10.6. The monoisotopic (exact) mass is 246 g/mol. The summed E-state index contributed by atoms with van der Waals surface area (Å²) in [5.41, 5.74) is 10.0. The molecule has 5 N–H and O–H groups in total. The van der Waals surface area contributed by atoms with E-state index in [4.69, 9.17) is 10.8 Å². The number of hydrogen-bond acceptors (Lipinski definition) is 5. The first-order valence-corrected chi connectivity index (χ1v) is 5.54. The van der Waals surface area contributed by atoms with Gasteiger partial charge in [0.05, 0.1) is 16.1 Å². The van der Waals surface area contributed by atoms with E-state index in [-0.39, 0.29) is 16.1 Å². The quantitative estimate of drug-likeness (QED) is 0.689. The van der Waals surface area contributed by atoms with Crippen LogP contribution >= 0.6 is 11.3 Å². The van der Waals surface area contributed by atoms with Crippen molar-refractivity contribution in [2.24, 2.45) is 5.73 Å². The first-order chi connectivity index (χ1) is 7.57. The molecule has 0 atom stereocenters. The molecule has 0 radical (unpaired) electrons. The second-order valence-corrected chi connectivity index (χ2v) is 3.49. The summed E-state index contributed by atoms with van der Waals surface area (Å²) < 4.78 is 0. The molecule has 1 aromatic rings. The van der Waals surface area contributed by atoms with Crippen LogP contribution < -0.4 is 11.5 Å². The molecular weight excluding hydrogens is 228 g/mol. The number of carbonyl (C=O) groups is 2. The molecule has 1 aromatic heterocycles. The molecule has 16 heavy (non-hydrogen) atoms. The molecule has 92 valence electrons. The van der Waals surface area contributed by atoms with Crippen molar-refractivity contribution in [1.82, 2.24) is 0 Å². The summed E-state index contributed by atoms with van der Waals surface area (Å²) in [6, 6.07) is 0. The van der Waals surface area contributed by atoms with Crippen molar-refractivity contribution in [3.8, 4) is 0 Å². The third-order valence-corrected chi connectivity index (χ3v) is 2.43. The van der Waals surface area contributed by atoms with Gasteiger partial charge in [-0.1, -0.05) is 13.8 Å². The molecule has 0 aromatic carbocycles. The summed E-state index contributed by atoms with van der Waals surface area (Å²) in [6.45, 7) is 5.62. The zero-order valence-corrected chi connectivity index (χ0v) is 10.7. The predicted molar refractivity (Wildman–Crippen MR) is 67.3 cm³/mol. The van der Waals surface area contributed by atoms with Crippen molar-refractivity contribution in [2.75, 3.05) is 12.8 Å². The Morgan fingerprint density at radius 3 is 2.06 bits per heavy atom. The third-order valence-electron chi connectivity index (χ3n) is 1.48. The lowest BCUT2D eigenvalue weighted by Crippen LogP contribution is -2.01. The molecule has 0 bridgehead atoms. The normalized spacial score (nSPS) is 8.06. The van der Waals surface area contributed by atoms with Crippen LogP contribution in [0, 0.1) is 6.92 Å². The van der Waals surface area contributed by atoms with Gasteiger partial charge in [-0.2, -0.15) is 0 Å². The zero-order chi connectivity index (χ0) is 13.3. The minimum absolute atomic E-state index is 0.0208. The fraction of sp³-hybridized carbons (Fsp3) is 0.400. The van der Waals surface area contributed by atoms with E-state index in [2.05, 4.69) is 5.73 Å². The van der Waals surface area contributed by atoms with Crippen LogP contribution in [0.25, 0.3) is 0 Å². The van der Waals surface area contributed by atoms with E-state index in [1.165, 1.54) is 7.05 Å². The fourth-order valence-electron chi connectivity index (χ4n) is 0.967. The number of carbonyl (C=O) groups excluding carboxylic acids is 1. The number of rotatable bonds is 2. The van der Waals surface area contributed by atoms with Crippen molar-refractivity contribution in [2.45, 2.75) is 20.8 Å². The predicted octanol–water partition coefficient (Wildman–Crippen LogP) is 1.75. The molecular formula is C10H18N2O3S. The van der Waals surface area contributed by atoms with Gasteiger partial charge in [0, 0.05) is 4.88 Å². The summed E-state index contributed by atoms with van der Waals surface area (Å²) in [6.07, 6.45) is 0.474. The molecule has 0 spiro atoms. The van der Waals surface area contributed by atoms with E-state index in [0.29, 0.717) is 11.2 Å². The van der Waals surface area contributed by atoms with Gasteiger partial charge in [-0.15, -0.1) is 11.3 Å². The number of nitrogen functional groups attached to an aromatic ring is 1. The van der Waals surface area contributed by atoms with Crippen LogP contribution in [0.3, 0.4) is 0 Å². The van der Waals surface area contributed by atoms with Crippen LogP contribution in [0.5, 0.6) is 0 Å². The largest absolute Gasteiger partial charge is 0.478 e. The van der Waals surface area contributed by atoms with E-state index in [9.17, 15) is 9.59 Å². The second-order valence-electron chi connectivity index (χ2n) is 2.23. The minimum Gasteiger partial charge on any atom is -0.478 e. The highest BCUT2D eigenvalue weighted by Gasteiger charge is 2.18. The van der Waals surface area contributed by atoms with Gasteiger partial charge < -0.3 is 16.6 Å². The number of carboxylic acid groups (broad SMARTS) is 1. The summed E-state index contributed by atoms with van der Waals surface area (Å²) in [4.78, 5) is 21.6. The molecule has 0 aliphatic carbocycles. The zero-order valence-electron chi connectivity index (χ0n) is 9.90. The first-order valence-electron chi connectivity index (χ1n) is 4.73. The Labute approximate surface area is 99.1 Å². The van der Waals surface area contributed by atoms with Gasteiger partial charge in [0.2, 0.25) is 0 Å². The number of nitrogens with two attached hydrogens (primary N) is 2. The number of hydrogen-bond donors (Lipinski definition) is 3. The number of aryl methyl sites for hydroxylation is 1. The Balaban J connectivity index is 0. The first kappa shape index (κ1) is 17.0. The third kappa shape index (κ3) is 4.00. The molecule has 0 aliphatic rings. The van der Waals surface area contributed by atoms with Crippen molar-refractivity contribution >= 4 is 28.6 Å². The van der Waals surface area contributed by atoms with Gasteiger partial charge in [-0.3, -0.25) is 4.79 Å². The lowest BCUT2D eigenvalue weighted by Gasteiger charge is -1.91. The van der Waals surface area contributed by atoms with Gasteiger partial charge in [0.25, 0.3) is 0 Å². The van der Waals surface area contributed by atoms with Crippen molar-refractivity contribution < 1.29 is 14.7 Å². The number of aromatic carboxylic acids is 1. The Kier molecular flexibility index (Phi) is 9.43. The van der Waals surface area contributed by atoms with Crippen LogP contribution in [0.15, 0.2) is 0 Å². The SMILES string of the molecule is CC.CN.Cc1sc(N)c(C=O)c1C(=O)O. The number of carboxylic acids is 1. The van der Waals surface area contributed by atoms with Crippen molar-refractivity contribution in [1.29, 1.82) is 0 Å². The average Bonchev–Trinajstić information content (AvgIpc) is 2.58. The molecule has 1 heterocycles. The Hall–Kier alpha value is -1.40. The number of thiophene rings is 1. The molecule has 1 rings (SSSR count). The highest BCUT2D eigenvalue weighted by atomic mass is 32.1. The summed E-state index contributed by atoms with van der Waals surface area (Å²) >= 11 is 1.11. The fourth-order valence-corrected chi connectivity index (χ4v) is 1.86. The highest BCUT2D eigenvalue weighted by Crippen LogP contribution is 2.28. The van der Waals surface area contributed by atoms with Gasteiger partial charge in [-0.05, 0) is 14.0 Å². The molecule has 0 fully saturated rings. The maximum atomic E-state index is 10.6.